The number of nitrogens with zero attached hydrogens (tertiary/aromatic N) is 1. The van der Waals surface area contributed by atoms with Gasteiger partial charge in [-0.05, 0) is 19.4 Å². The first-order chi connectivity index (χ1) is 15.7. The second-order valence-electron chi connectivity index (χ2n) is 7.52. The number of nitrogens with one attached hydrogen (secondary N) is 1. The van der Waals surface area contributed by atoms with E-state index in [1.165, 1.54) is 24.8 Å². The Kier molecular flexibility index (Phi) is 7.29. The van der Waals surface area contributed by atoms with E-state index in [1.54, 1.807) is 24.3 Å². The molecule has 3 aromatic rings. The van der Waals surface area contributed by atoms with Gasteiger partial charge in [-0.25, -0.2) is 4.79 Å². The van der Waals surface area contributed by atoms with Crippen molar-refractivity contribution in [2.75, 3.05) is 26.2 Å². The number of Topliss-reactive ketones (excluding diaryl/α,β-unsaturated/α-hetero) is 2. The van der Waals surface area contributed by atoms with Crippen LogP contribution in [0.2, 0.25) is 0 Å². The Balaban J connectivity index is 1.76. The molecule has 0 fully saturated rings. The van der Waals surface area contributed by atoms with Crippen molar-refractivity contribution in [2.24, 2.45) is 5.73 Å². The fraction of sp³-hybridized carbons (Fsp3) is 0.304. The molecule has 0 aliphatic heterocycles. The van der Waals surface area contributed by atoms with Gasteiger partial charge in [0.1, 0.15) is 11.5 Å². The minimum absolute atomic E-state index is 0.0241. The van der Waals surface area contributed by atoms with E-state index < -0.39 is 6.09 Å². The van der Waals surface area contributed by atoms with Gasteiger partial charge in [-0.2, -0.15) is 0 Å². The summed E-state index contributed by atoms with van der Waals surface area (Å²) in [5, 5.41) is 14.3. The molecule has 33 heavy (non-hydrogen) atoms. The summed E-state index contributed by atoms with van der Waals surface area (Å²) in [5.74, 6) is -0.858. The van der Waals surface area contributed by atoms with Crippen LogP contribution in [0.5, 0.6) is 11.5 Å². The topological polar surface area (TPSA) is 152 Å². The van der Waals surface area contributed by atoms with Crippen LogP contribution < -0.4 is 15.8 Å². The minimum Gasteiger partial charge on any atom is -0.507 e. The summed E-state index contributed by atoms with van der Waals surface area (Å²) in [6.07, 6.45) is -0.411. The van der Waals surface area contributed by atoms with E-state index in [-0.39, 0.29) is 71.9 Å². The van der Waals surface area contributed by atoms with Crippen molar-refractivity contribution in [1.29, 1.82) is 0 Å². The van der Waals surface area contributed by atoms with E-state index in [0.717, 1.165) is 0 Å². The normalized spacial score (nSPS) is 10.9. The maximum atomic E-state index is 12.5. The van der Waals surface area contributed by atoms with Crippen LogP contribution in [0.4, 0.5) is 4.79 Å². The number of amides is 2. The number of carbonyl (C=O) groups is 4. The molecule has 4 N–H and O–H groups in total. The second-order valence-corrected chi connectivity index (χ2v) is 7.52. The Morgan fingerprint density at radius 3 is 2.45 bits per heavy atom. The molecule has 0 aliphatic carbocycles. The number of hydrogen-bond donors (Lipinski definition) is 3. The molecule has 3 rings (SSSR count). The van der Waals surface area contributed by atoms with Crippen molar-refractivity contribution >= 4 is 45.3 Å². The van der Waals surface area contributed by atoms with Crippen LogP contribution in [0, 0.1) is 0 Å². The molecule has 0 aliphatic rings. The zero-order chi connectivity index (χ0) is 24.1. The molecule has 0 unspecified atom stereocenters. The Labute approximate surface area is 189 Å². The summed E-state index contributed by atoms with van der Waals surface area (Å²) < 4.78 is 11.1. The number of phenolic OH excluding ortho intramolecular Hbond substituents is 1. The molecule has 0 radical (unpaired) electrons. The molecular weight excluding hydrogens is 430 g/mol. The molecule has 0 bridgehead atoms. The van der Waals surface area contributed by atoms with Gasteiger partial charge in [-0.15, -0.1) is 0 Å². The summed E-state index contributed by atoms with van der Waals surface area (Å²) in [6.45, 7) is 2.85. The number of hydrogen-bond acceptors (Lipinski definition) is 8. The van der Waals surface area contributed by atoms with Crippen molar-refractivity contribution in [3.05, 3.63) is 36.1 Å². The molecule has 2 amide bonds. The average Bonchev–Trinajstić information content (AvgIpc) is 3.24. The van der Waals surface area contributed by atoms with Gasteiger partial charge in [0, 0.05) is 30.8 Å². The van der Waals surface area contributed by atoms with Crippen molar-refractivity contribution in [3.63, 3.8) is 0 Å². The number of benzene rings is 2. The highest BCUT2D eigenvalue weighted by Crippen LogP contribution is 2.43. The van der Waals surface area contributed by atoms with Gasteiger partial charge in [0.05, 0.1) is 18.5 Å². The molecule has 0 saturated carbocycles. The van der Waals surface area contributed by atoms with E-state index in [1.807, 2.05) is 0 Å². The van der Waals surface area contributed by atoms with Gasteiger partial charge in [0.15, 0.2) is 22.9 Å². The minimum atomic E-state index is -0.781. The first kappa shape index (κ1) is 23.7. The highest BCUT2D eigenvalue weighted by Gasteiger charge is 2.22. The molecule has 10 heteroatoms. The standard InChI is InChI=1S/C23H25N3O7/c1-13(27)12-26(19(29)11-24)9-5-8-25-23(31)33-21-16-7-4-3-6-15(16)20(30)17-10-18(14(2)28)32-22(17)21/h3-4,6-7,10,30H,5,8-9,11-12,24H2,1-2H3,(H,25,31). The number of phenols is 1. The maximum absolute atomic E-state index is 12.5. The molecule has 0 saturated heterocycles. The quantitative estimate of drug-likeness (QED) is 0.328. The van der Waals surface area contributed by atoms with Crippen LogP contribution in [0.1, 0.15) is 30.8 Å². The largest absolute Gasteiger partial charge is 0.507 e. The third kappa shape index (κ3) is 5.29. The summed E-state index contributed by atoms with van der Waals surface area (Å²) in [6, 6.07) is 8.16. The Hall–Kier alpha value is -3.92. The number of furan rings is 1. The van der Waals surface area contributed by atoms with Gasteiger partial charge in [0.25, 0.3) is 0 Å². The first-order valence-corrected chi connectivity index (χ1v) is 10.3. The van der Waals surface area contributed by atoms with E-state index in [2.05, 4.69) is 5.32 Å². The Morgan fingerprint density at radius 1 is 1.12 bits per heavy atom. The lowest BCUT2D eigenvalue weighted by Gasteiger charge is -2.20. The number of carbonyl (C=O) groups excluding carboxylic acids is 4. The fourth-order valence-corrected chi connectivity index (χ4v) is 3.44. The van der Waals surface area contributed by atoms with Gasteiger partial charge in [-0.1, -0.05) is 24.3 Å². The zero-order valence-corrected chi connectivity index (χ0v) is 18.3. The van der Waals surface area contributed by atoms with E-state index in [4.69, 9.17) is 14.9 Å². The summed E-state index contributed by atoms with van der Waals surface area (Å²) >= 11 is 0. The van der Waals surface area contributed by atoms with Gasteiger partial charge in [-0.3, -0.25) is 14.4 Å². The fourth-order valence-electron chi connectivity index (χ4n) is 3.44. The second kappa shape index (κ2) is 10.1. The summed E-state index contributed by atoms with van der Waals surface area (Å²) in [5.41, 5.74) is 5.45. The molecule has 1 aromatic heterocycles. The van der Waals surface area contributed by atoms with E-state index in [0.29, 0.717) is 17.2 Å². The van der Waals surface area contributed by atoms with Crippen LogP contribution in [-0.4, -0.2) is 59.8 Å². The number of nitrogens with two attached hydrogens (primary N) is 1. The number of fused-ring (bicyclic) bond motifs is 2. The lowest BCUT2D eigenvalue weighted by molar-refractivity contribution is -0.133. The first-order valence-electron chi connectivity index (χ1n) is 10.3. The molecule has 0 atom stereocenters. The highest BCUT2D eigenvalue weighted by atomic mass is 16.6. The van der Waals surface area contributed by atoms with Crippen LogP contribution in [0.25, 0.3) is 21.7 Å². The molecule has 2 aromatic carbocycles. The molecule has 1 heterocycles. The summed E-state index contributed by atoms with van der Waals surface area (Å²) in [7, 11) is 0. The van der Waals surface area contributed by atoms with Gasteiger partial charge in [0.2, 0.25) is 5.91 Å². The van der Waals surface area contributed by atoms with Crippen LogP contribution in [0.15, 0.2) is 34.7 Å². The lowest BCUT2D eigenvalue weighted by atomic mass is 10.1. The van der Waals surface area contributed by atoms with Crippen LogP contribution in [0.3, 0.4) is 0 Å². The van der Waals surface area contributed by atoms with Gasteiger partial charge < -0.3 is 30.2 Å². The number of rotatable bonds is 9. The molecular formula is C23H25N3O7. The van der Waals surface area contributed by atoms with Crippen LogP contribution in [-0.2, 0) is 9.59 Å². The molecule has 0 spiro atoms. The number of ketones is 2. The monoisotopic (exact) mass is 455 g/mol. The van der Waals surface area contributed by atoms with Gasteiger partial charge >= 0.3 is 6.09 Å². The number of aromatic hydroxyl groups is 1. The lowest BCUT2D eigenvalue weighted by Crippen LogP contribution is -2.40. The Morgan fingerprint density at radius 2 is 1.82 bits per heavy atom. The summed E-state index contributed by atoms with van der Waals surface area (Å²) in [4.78, 5) is 48.7. The average molecular weight is 455 g/mol. The molecule has 10 nitrogen and oxygen atoms in total. The SMILES string of the molecule is CC(=O)CN(CCCNC(=O)Oc1c2ccccc2c(O)c2cc(C(C)=O)oc12)C(=O)CN. The van der Waals surface area contributed by atoms with E-state index >= 15 is 0 Å². The predicted molar refractivity (Wildman–Crippen MR) is 120 cm³/mol. The maximum Gasteiger partial charge on any atom is 0.412 e. The van der Waals surface area contributed by atoms with Crippen molar-refractivity contribution in [1.82, 2.24) is 10.2 Å². The zero-order valence-electron chi connectivity index (χ0n) is 18.3. The van der Waals surface area contributed by atoms with Crippen molar-refractivity contribution in [3.8, 4) is 11.5 Å². The predicted octanol–water partition coefficient (Wildman–Crippen LogP) is 2.35. The number of ether oxygens (including phenoxy) is 1. The Bertz CT molecular complexity index is 1230. The smallest absolute Gasteiger partial charge is 0.412 e. The van der Waals surface area contributed by atoms with Crippen molar-refractivity contribution in [2.45, 2.75) is 20.3 Å². The van der Waals surface area contributed by atoms with Crippen molar-refractivity contribution < 1.29 is 33.4 Å². The highest BCUT2D eigenvalue weighted by molar-refractivity contribution is 6.11. The third-order valence-corrected chi connectivity index (χ3v) is 4.98. The van der Waals surface area contributed by atoms with E-state index in [9.17, 15) is 24.3 Å². The molecule has 174 valence electrons. The van der Waals surface area contributed by atoms with Crippen LogP contribution >= 0.6 is 0 Å². The third-order valence-electron chi connectivity index (χ3n) is 4.98.